The van der Waals surface area contributed by atoms with Crippen molar-refractivity contribution in [3.8, 4) is 0 Å². The summed E-state index contributed by atoms with van der Waals surface area (Å²) in [5.41, 5.74) is 1.94. The van der Waals surface area contributed by atoms with Gasteiger partial charge in [0.25, 0.3) is 0 Å². The lowest BCUT2D eigenvalue weighted by atomic mass is 9.95. The van der Waals surface area contributed by atoms with Gasteiger partial charge in [0.1, 0.15) is 0 Å². The van der Waals surface area contributed by atoms with Crippen LogP contribution in [0.1, 0.15) is 12.0 Å². The summed E-state index contributed by atoms with van der Waals surface area (Å²) in [7, 11) is 0. The third-order valence-electron chi connectivity index (χ3n) is 3.48. The van der Waals surface area contributed by atoms with Crippen molar-refractivity contribution >= 4 is 11.6 Å². The van der Waals surface area contributed by atoms with Crippen LogP contribution in [0, 0.1) is 5.92 Å². The number of piperidine rings is 1. The number of benzene rings is 1. The molecular weight excluding hydrogens is 182 g/mol. The SMILES string of the molecule is Clc1ccc([C@@]23CNC[C@H]2C3)cc1. The van der Waals surface area contributed by atoms with E-state index in [-0.39, 0.29) is 0 Å². The van der Waals surface area contributed by atoms with E-state index in [1.165, 1.54) is 18.5 Å². The molecule has 1 aromatic carbocycles. The molecule has 2 heteroatoms. The number of rotatable bonds is 1. The molecule has 1 N–H and O–H groups in total. The van der Waals surface area contributed by atoms with Gasteiger partial charge in [-0.25, -0.2) is 0 Å². The first-order valence-corrected chi connectivity index (χ1v) is 5.16. The summed E-state index contributed by atoms with van der Waals surface area (Å²) in [6.45, 7) is 2.35. The number of hydrogen-bond acceptors (Lipinski definition) is 1. The van der Waals surface area contributed by atoms with Crippen LogP contribution >= 0.6 is 11.6 Å². The molecular formula is C11H12ClN. The van der Waals surface area contributed by atoms with Crippen LogP contribution in [0.15, 0.2) is 24.3 Å². The second-order valence-electron chi connectivity index (χ2n) is 4.19. The van der Waals surface area contributed by atoms with E-state index in [2.05, 4.69) is 17.4 Å². The van der Waals surface area contributed by atoms with E-state index in [9.17, 15) is 0 Å². The molecule has 0 radical (unpaired) electrons. The Hall–Kier alpha value is -0.530. The van der Waals surface area contributed by atoms with Gasteiger partial charge in [0.15, 0.2) is 0 Å². The zero-order valence-electron chi connectivity index (χ0n) is 7.39. The maximum atomic E-state index is 5.86. The van der Waals surface area contributed by atoms with Crippen molar-refractivity contribution in [1.82, 2.24) is 5.32 Å². The summed E-state index contributed by atoms with van der Waals surface area (Å²) in [5, 5.41) is 4.28. The Morgan fingerprint density at radius 2 is 2.08 bits per heavy atom. The first kappa shape index (κ1) is 7.84. The number of halogens is 1. The first-order valence-electron chi connectivity index (χ1n) is 4.78. The lowest BCUT2D eigenvalue weighted by Crippen LogP contribution is -2.18. The average Bonchev–Trinajstić information content (AvgIpc) is 2.71. The van der Waals surface area contributed by atoms with Crippen molar-refractivity contribution in [2.24, 2.45) is 5.92 Å². The second-order valence-corrected chi connectivity index (χ2v) is 4.63. The van der Waals surface area contributed by atoms with E-state index < -0.39 is 0 Å². The Balaban J connectivity index is 1.97. The lowest BCUT2D eigenvalue weighted by Gasteiger charge is -2.11. The summed E-state index contributed by atoms with van der Waals surface area (Å²) < 4.78 is 0. The normalized spacial score (nSPS) is 35.9. The topological polar surface area (TPSA) is 12.0 Å². The molecule has 2 aliphatic rings. The van der Waals surface area contributed by atoms with Gasteiger partial charge >= 0.3 is 0 Å². The van der Waals surface area contributed by atoms with Crippen LogP contribution in [0.5, 0.6) is 0 Å². The minimum absolute atomic E-state index is 0.477. The fourth-order valence-corrected chi connectivity index (χ4v) is 2.70. The number of hydrogen-bond donors (Lipinski definition) is 1. The predicted octanol–water partition coefficient (Wildman–Crippen LogP) is 2.20. The molecule has 68 valence electrons. The molecule has 2 fully saturated rings. The zero-order chi connectivity index (χ0) is 8.89. The van der Waals surface area contributed by atoms with Crippen molar-refractivity contribution < 1.29 is 0 Å². The number of nitrogens with one attached hydrogen (secondary N) is 1. The van der Waals surface area contributed by atoms with Crippen molar-refractivity contribution in [3.05, 3.63) is 34.9 Å². The van der Waals surface area contributed by atoms with Gasteiger partial charge in [-0.05, 0) is 36.6 Å². The van der Waals surface area contributed by atoms with Crippen LogP contribution in [0.25, 0.3) is 0 Å². The molecule has 0 bridgehead atoms. The Kier molecular flexibility index (Phi) is 1.50. The van der Waals surface area contributed by atoms with Crippen molar-refractivity contribution in [1.29, 1.82) is 0 Å². The highest BCUT2D eigenvalue weighted by atomic mass is 35.5. The highest BCUT2D eigenvalue weighted by Gasteiger charge is 2.57. The molecule has 0 spiro atoms. The molecule has 1 heterocycles. The fourth-order valence-electron chi connectivity index (χ4n) is 2.57. The minimum atomic E-state index is 0.477. The predicted molar refractivity (Wildman–Crippen MR) is 54.1 cm³/mol. The molecule has 0 unspecified atom stereocenters. The Labute approximate surface area is 83.1 Å². The fraction of sp³-hybridized carbons (Fsp3) is 0.455. The maximum Gasteiger partial charge on any atom is 0.0406 e. The molecule has 1 aromatic rings. The molecule has 0 amide bonds. The molecule has 1 aliphatic heterocycles. The van der Waals surface area contributed by atoms with E-state index in [0.717, 1.165) is 17.5 Å². The van der Waals surface area contributed by atoms with Crippen LogP contribution in [0.4, 0.5) is 0 Å². The second kappa shape index (κ2) is 2.49. The van der Waals surface area contributed by atoms with Gasteiger partial charge < -0.3 is 5.32 Å². The van der Waals surface area contributed by atoms with E-state index in [1.54, 1.807) is 0 Å². The van der Waals surface area contributed by atoms with Crippen molar-refractivity contribution in [2.45, 2.75) is 11.8 Å². The van der Waals surface area contributed by atoms with Gasteiger partial charge in [-0.2, -0.15) is 0 Å². The third kappa shape index (κ3) is 1.04. The van der Waals surface area contributed by atoms with Gasteiger partial charge in [-0.15, -0.1) is 0 Å². The lowest BCUT2D eigenvalue weighted by molar-refractivity contribution is 0.676. The summed E-state index contributed by atoms with van der Waals surface area (Å²) >= 11 is 5.86. The maximum absolute atomic E-state index is 5.86. The van der Waals surface area contributed by atoms with Gasteiger partial charge in [0.2, 0.25) is 0 Å². The zero-order valence-corrected chi connectivity index (χ0v) is 8.14. The van der Waals surface area contributed by atoms with Gasteiger partial charge in [0, 0.05) is 17.0 Å². The third-order valence-corrected chi connectivity index (χ3v) is 3.73. The molecule has 2 atom stereocenters. The summed E-state index contributed by atoms with van der Waals surface area (Å²) in [4.78, 5) is 0. The van der Waals surface area contributed by atoms with Crippen molar-refractivity contribution in [3.63, 3.8) is 0 Å². The van der Waals surface area contributed by atoms with E-state index in [0.29, 0.717) is 5.41 Å². The Morgan fingerprint density at radius 1 is 1.31 bits per heavy atom. The van der Waals surface area contributed by atoms with Crippen LogP contribution in [0.2, 0.25) is 5.02 Å². The molecule has 0 aromatic heterocycles. The number of fused-ring (bicyclic) bond motifs is 1. The van der Waals surface area contributed by atoms with E-state index in [1.807, 2.05) is 12.1 Å². The highest BCUT2D eigenvalue weighted by Crippen LogP contribution is 2.56. The highest BCUT2D eigenvalue weighted by molar-refractivity contribution is 6.30. The first-order chi connectivity index (χ1) is 6.31. The Bertz CT molecular complexity index is 332. The van der Waals surface area contributed by atoms with E-state index in [4.69, 9.17) is 11.6 Å². The summed E-state index contributed by atoms with van der Waals surface area (Å²) in [5.74, 6) is 0.883. The molecule has 1 nitrogen and oxygen atoms in total. The molecule has 1 aliphatic carbocycles. The van der Waals surface area contributed by atoms with Crippen molar-refractivity contribution in [2.75, 3.05) is 13.1 Å². The minimum Gasteiger partial charge on any atom is -0.316 e. The van der Waals surface area contributed by atoms with Crippen LogP contribution < -0.4 is 5.32 Å². The molecule has 3 rings (SSSR count). The Morgan fingerprint density at radius 3 is 2.62 bits per heavy atom. The van der Waals surface area contributed by atoms with Gasteiger partial charge in [-0.3, -0.25) is 0 Å². The molecule has 1 saturated heterocycles. The summed E-state index contributed by atoms with van der Waals surface area (Å²) in [6.07, 6.45) is 1.36. The monoisotopic (exact) mass is 193 g/mol. The standard InChI is InChI=1S/C11H12ClN/c12-10-3-1-8(2-4-10)11-5-9(11)6-13-7-11/h1-4,9,13H,5-7H2/t9-,11-/m1/s1. The van der Waals surface area contributed by atoms with Crippen LogP contribution in [0.3, 0.4) is 0 Å². The molecule has 13 heavy (non-hydrogen) atoms. The average molecular weight is 194 g/mol. The van der Waals surface area contributed by atoms with Crippen LogP contribution in [-0.2, 0) is 5.41 Å². The quantitative estimate of drug-likeness (QED) is 0.721. The van der Waals surface area contributed by atoms with E-state index >= 15 is 0 Å². The molecule has 1 saturated carbocycles. The summed E-state index contributed by atoms with van der Waals surface area (Å²) in [6, 6.07) is 8.35. The largest absolute Gasteiger partial charge is 0.316 e. The van der Waals surface area contributed by atoms with Crippen LogP contribution in [-0.4, -0.2) is 13.1 Å². The van der Waals surface area contributed by atoms with Gasteiger partial charge in [-0.1, -0.05) is 23.7 Å². The smallest absolute Gasteiger partial charge is 0.0406 e. The van der Waals surface area contributed by atoms with Gasteiger partial charge in [0.05, 0.1) is 0 Å².